The number of aliphatic carboxylic acids is 1. The van der Waals surface area contributed by atoms with Crippen molar-refractivity contribution in [3.8, 4) is 0 Å². The van der Waals surface area contributed by atoms with Crippen LogP contribution in [0.15, 0.2) is 35.4 Å². The molecule has 1 aromatic carbocycles. The van der Waals surface area contributed by atoms with Gasteiger partial charge in [0.05, 0.1) is 35.5 Å². The van der Waals surface area contributed by atoms with Crippen molar-refractivity contribution in [2.45, 2.75) is 145 Å². The lowest BCUT2D eigenvalue weighted by Gasteiger charge is -2.72. The van der Waals surface area contributed by atoms with E-state index in [9.17, 15) is 24.6 Å². The first kappa shape index (κ1) is 39.2. The summed E-state index contributed by atoms with van der Waals surface area (Å²) in [6.07, 6.45) is 7.09. The number of aromatic amines is 1. The summed E-state index contributed by atoms with van der Waals surface area (Å²) in [5.41, 5.74) is 2.30. The Balaban J connectivity index is 1.13. The standard InChI is InChI=1S/C45H65N3O6/c1-26(2)37-30(49)22-45(33(50)24-46-25-35-47-28-12-10-11-13-29(28)48-35)21-20-43(8)27(38(37)45)14-15-32-42(7)18-17-34(54-36(51)23-40(3,4)39(52)53)41(5,6)31(42)16-19-44(32,43)9/h10-13,26-27,31-34,46,50H,14-25H2,1-9H3,(H,47,48)(H,52,53)/t27-,31+,32-,33+,34+,42+,43-,44-,45+/m1/s1. The van der Waals surface area contributed by atoms with Gasteiger partial charge in [-0.1, -0.05) is 66.2 Å². The molecule has 4 fully saturated rings. The molecule has 4 saturated carbocycles. The number of aliphatic hydroxyl groups excluding tert-OH is 1. The number of carbonyl (C=O) groups excluding carboxylic acids is 2. The fraction of sp³-hybridized carbons (Fsp3) is 0.733. The first-order chi connectivity index (χ1) is 25.2. The van der Waals surface area contributed by atoms with Crippen LogP contribution in [0.25, 0.3) is 11.0 Å². The fourth-order valence-corrected chi connectivity index (χ4v) is 13.5. The SMILES string of the molecule is CC(C)C1=C2[C@H]3CC[C@@H]4[C@@]5(C)CC[C@H](OC(=O)CC(C)(C)C(=O)O)C(C)(C)[C@@H]5CC[C@@]4(C)[C@]3(C)CC[C@@]2([C@@H](O)CNCc2nc3ccccc3[nH]2)CC1=O. The molecular weight excluding hydrogens is 679 g/mol. The molecule has 7 rings (SSSR count). The van der Waals surface area contributed by atoms with E-state index >= 15 is 0 Å². The molecule has 0 bridgehead atoms. The zero-order valence-corrected chi connectivity index (χ0v) is 34.2. The molecule has 0 saturated heterocycles. The van der Waals surface area contributed by atoms with Crippen LogP contribution in [-0.2, 0) is 25.7 Å². The maximum atomic E-state index is 14.1. The number of ketones is 1. The molecule has 54 heavy (non-hydrogen) atoms. The maximum Gasteiger partial charge on any atom is 0.309 e. The Bertz CT molecular complexity index is 1830. The third kappa shape index (κ3) is 5.83. The van der Waals surface area contributed by atoms with Gasteiger partial charge in [0.15, 0.2) is 5.78 Å². The Hall–Kier alpha value is -3.04. The number of nitrogens with one attached hydrogen (secondary N) is 2. The maximum absolute atomic E-state index is 14.1. The number of nitrogens with zero attached hydrogens (tertiary/aromatic N) is 1. The second-order valence-electron chi connectivity index (χ2n) is 20.4. The van der Waals surface area contributed by atoms with Crippen LogP contribution >= 0.6 is 0 Å². The molecule has 0 amide bonds. The van der Waals surface area contributed by atoms with Gasteiger partial charge < -0.3 is 25.3 Å². The number of benzene rings is 1. The van der Waals surface area contributed by atoms with Crippen LogP contribution in [0.4, 0.5) is 0 Å². The van der Waals surface area contributed by atoms with E-state index in [0.29, 0.717) is 31.3 Å². The van der Waals surface area contributed by atoms with Gasteiger partial charge in [-0.05, 0) is 123 Å². The summed E-state index contributed by atoms with van der Waals surface area (Å²) < 4.78 is 6.17. The van der Waals surface area contributed by atoms with Gasteiger partial charge in [0.1, 0.15) is 11.9 Å². The first-order valence-electron chi connectivity index (χ1n) is 20.7. The van der Waals surface area contributed by atoms with Crippen molar-refractivity contribution in [1.29, 1.82) is 0 Å². The number of imidazole rings is 1. The average molecular weight is 744 g/mol. The number of aromatic nitrogens is 2. The molecule has 1 aromatic heterocycles. The zero-order valence-electron chi connectivity index (χ0n) is 34.2. The number of fused-ring (bicyclic) bond motifs is 8. The summed E-state index contributed by atoms with van der Waals surface area (Å²) in [5, 5.41) is 25.3. The number of carbonyl (C=O) groups is 3. The molecule has 9 atom stereocenters. The lowest BCUT2D eigenvalue weighted by molar-refractivity contribution is -0.235. The molecule has 1 heterocycles. The van der Waals surface area contributed by atoms with Gasteiger partial charge in [0.25, 0.3) is 0 Å². The summed E-state index contributed by atoms with van der Waals surface area (Å²) in [6.45, 7) is 20.5. The van der Waals surface area contributed by atoms with Crippen molar-refractivity contribution in [2.24, 2.45) is 56.2 Å². The van der Waals surface area contributed by atoms with Crippen molar-refractivity contribution in [3.05, 3.63) is 41.2 Å². The summed E-state index contributed by atoms with van der Waals surface area (Å²) in [6, 6.07) is 7.99. The molecule has 5 aliphatic rings. The highest BCUT2D eigenvalue weighted by atomic mass is 16.5. The highest BCUT2D eigenvalue weighted by molar-refractivity contribution is 6.00. The van der Waals surface area contributed by atoms with Crippen LogP contribution in [-0.4, -0.2) is 56.7 Å². The van der Waals surface area contributed by atoms with Gasteiger partial charge in [-0.3, -0.25) is 14.4 Å². The minimum atomic E-state index is -1.17. The number of H-pyrrole nitrogens is 1. The number of ether oxygens (including phenoxy) is 1. The van der Waals surface area contributed by atoms with Gasteiger partial charge in [0.2, 0.25) is 0 Å². The molecule has 0 unspecified atom stereocenters. The third-order valence-electron chi connectivity index (χ3n) is 16.6. The number of hydrogen-bond acceptors (Lipinski definition) is 7. The Morgan fingerprint density at radius 2 is 1.70 bits per heavy atom. The lowest BCUT2D eigenvalue weighted by atomic mass is 9.33. The van der Waals surface area contributed by atoms with E-state index in [1.807, 2.05) is 24.3 Å². The topological polar surface area (TPSA) is 142 Å². The highest BCUT2D eigenvalue weighted by Gasteiger charge is 2.70. The van der Waals surface area contributed by atoms with Gasteiger partial charge in [-0.2, -0.15) is 0 Å². The van der Waals surface area contributed by atoms with Gasteiger partial charge in [-0.25, -0.2) is 4.98 Å². The summed E-state index contributed by atoms with van der Waals surface area (Å²) in [5.74, 6) is 0.842. The first-order valence-corrected chi connectivity index (χ1v) is 20.7. The number of allylic oxidation sites excluding steroid dienone is 1. The Morgan fingerprint density at radius 3 is 2.39 bits per heavy atom. The Kier molecular flexibility index (Phi) is 9.64. The second kappa shape index (κ2) is 13.3. The van der Waals surface area contributed by atoms with Crippen molar-refractivity contribution < 1.29 is 29.3 Å². The number of para-hydroxylation sites is 2. The van der Waals surface area contributed by atoms with Crippen LogP contribution in [0, 0.1) is 56.2 Å². The molecule has 0 radical (unpaired) electrons. The molecule has 0 aliphatic heterocycles. The van der Waals surface area contributed by atoms with E-state index in [4.69, 9.17) is 9.72 Å². The number of rotatable bonds is 10. The Labute approximate surface area is 321 Å². The van der Waals surface area contributed by atoms with Crippen molar-refractivity contribution in [2.75, 3.05) is 6.54 Å². The summed E-state index contributed by atoms with van der Waals surface area (Å²) in [4.78, 5) is 47.1. The number of esters is 1. The molecule has 0 spiro atoms. The van der Waals surface area contributed by atoms with Crippen molar-refractivity contribution >= 4 is 28.8 Å². The minimum absolute atomic E-state index is 0.0230. The second-order valence-corrected chi connectivity index (χ2v) is 20.4. The average Bonchev–Trinajstić information content (AvgIpc) is 3.64. The van der Waals surface area contributed by atoms with Gasteiger partial charge >= 0.3 is 11.9 Å². The fourth-order valence-electron chi connectivity index (χ4n) is 13.5. The molecule has 9 heteroatoms. The molecule has 9 nitrogen and oxygen atoms in total. The van der Waals surface area contributed by atoms with Crippen LogP contribution in [0.5, 0.6) is 0 Å². The van der Waals surface area contributed by atoms with E-state index in [-0.39, 0.29) is 51.8 Å². The van der Waals surface area contributed by atoms with Crippen molar-refractivity contribution in [1.82, 2.24) is 15.3 Å². The van der Waals surface area contributed by atoms with Crippen LogP contribution < -0.4 is 5.32 Å². The number of Topliss-reactive ketones (excluding diaryl/α,β-unsaturated/α-hetero) is 1. The van der Waals surface area contributed by atoms with Crippen LogP contribution in [0.1, 0.15) is 132 Å². The van der Waals surface area contributed by atoms with E-state index in [1.54, 1.807) is 13.8 Å². The summed E-state index contributed by atoms with van der Waals surface area (Å²) in [7, 11) is 0. The quantitative estimate of drug-likeness (QED) is 0.178. The van der Waals surface area contributed by atoms with E-state index in [2.05, 4.69) is 58.8 Å². The van der Waals surface area contributed by atoms with E-state index < -0.39 is 28.9 Å². The highest BCUT2D eigenvalue weighted by Crippen LogP contribution is 2.77. The normalized spacial score (nSPS) is 36.7. The molecule has 5 aliphatic carbocycles. The van der Waals surface area contributed by atoms with Crippen LogP contribution in [0.2, 0.25) is 0 Å². The number of aliphatic hydroxyl groups is 1. The smallest absolute Gasteiger partial charge is 0.309 e. The van der Waals surface area contributed by atoms with Gasteiger partial charge in [0, 0.05) is 23.8 Å². The monoisotopic (exact) mass is 743 g/mol. The molecular formula is C45H65N3O6. The van der Waals surface area contributed by atoms with E-state index in [1.165, 1.54) is 5.57 Å². The molecule has 2 aromatic rings. The van der Waals surface area contributed by atoms with Gasteiger partial charge in [-0.15, -0.1) is 0 Å². The predicted octanol–water partition coefficient (Wildman–Crippen LogP) is 8.41. The molecule has 4 N–H and O–H groups in total. The molecule has 296 valence electrons. The number of hydrogen-bond donors (Lipinski definition) is 4. The zero-order chi connectivity index (χ0) is 39.2. The Morgan fingerprint density at radius 1 is 0.981 bits per heavy atom. The van der Waals surface area contributed by atoms with Crippen LogP contribution in [0.3, 0.4) is 0 Å². The van der Waals surface area contributed by atoms with Crippen molar-refractivity contribution in [3.63, 3.8) is 0 Å². The lowest BCUT2D eigenvalue weighted by Crippen LogP contribution is -2.66. The van der Waals surface area contributed by atoms with E-state index in [0.717, 1.165) is 73.8 Å². The number of carboxylic acids is 1. The third-order valence-corrected chi connectivity index (χ3v) is 16.6. The predicted molar refractivity (Wildman–Crippen MR) is 209 cm³/mol. The minimum Gasteiger partial charge on any atom is -0.481 e. The number of carboxylic acid groups (broad SMARTS) is 1. The summed E-state index contributed by atoms with van der Waals surface area (Å²) >= 11 is 0. The largest absolute Gasteiger partial charge is 0.481 e.